The van der Waals surface area contributed by atoms with Crippen molar-refractivity contribution in [2.45, 2.75) is 32.0 Å². The Kier molecular flexibility index (Phi) is 4.02. The first-order valence-corrected chi connectivity index (χ1v) is 7.52. The Morgan fingerprint density at radius 1 is 1.27 bits per heavy atom. The van der Waals surface area contributed by atoms with Gasteiger partial charge in [-0.15, -0.1) is 0 Å². The summed E-state index contributed by atoms with van der Waals surface area (Å²) in [5, 5.41) is 12.2. The number of hydrogen-bond donors (Lipinski definition) is 2. The molecule has 2 bridgehead atoms. The molecule has 2 aliphatic heterocycles. The molecular weight excluding hydrogens is 286 g/mol. The van der Waals surface area contributed by atoms with Crippen molar-refractivity contribution in [2.24, 2.45) is 11.8 Å². The molecule has 1 amide bonds. The van der Waals surface area contributed by atoms with Gasteiger partial charge in [0.05, 0.1) is 36.3 Å². The number of anilines is 1. The van der Waals surface area contributed by atoms with Crippen LogP contribution in [0.25, 0.3) is 0 Å². The molecule has 2 N–H and O–H groups in total. The van der Waals surface area contributed by atoms with Gasteiger partial charge in [-0.1, -0.05) is 12.1 Å². The molecule has 4 atom stereocenters. The van der Waals surface area contributed by atoms with Gasteiger partial charge in [-0.05, 0) is 31.9 Å². The zero-order chi connectivity index (χ0) is 15.7. The summed E-state index contributed by atoms with van der Waals surface area (Å²) in [5.74, 6) is -2.12. The van der Waals surface area contributed by atoms with Crippen LogP contribution in [0.1, 0.15) is 19.8 Å². The number of para-hydroxylation sites is 2. The van der Waals surface area contributed by atoms with Crippen molar-refractivity contribution in [1.82, 2.24) is 0 Å². The molecule has 0 spiro atoms. The number of rotatable bonds is 5. The lowest BCUT2D eigenvalue weighted by Gasteiger charge is -2.24. The van der Waals surface area contributed by atoms with Crippen molar-refractivity contribution in [3.63, 3.8) is 0 Å². The summed E-state index contributed by atoms with van der Waals surface area (Å²) in [5.41, 5.74) is 0.557. The molecule has 0 aromatic heterocycles. The highest BCUT2D eigenvalue weighted by atomic mass is 16.5. The third-order valence-electron chi connectivity index (χ3n) is 4.31. The van der Waals surface area contributed by atoms with Gasteiger partial charge < -0.3 is 19.9 Å². The lowest BCUT2D eigenvalue weighted by atomic mass is 9.78. The van der Waals surface area contributed by atoms with Crippen molar-refractivity contribution in [3.05, 3.63) is 24.3 Å². The van der Waals surface area contributed by atoms with Crippen LogP contribution in [0.5, 0.6) is 5.75 Å². The van der Waals surface area contributed by atoms with E-state index in [1.807, 2.05) is 13.0 Å². The number of hydrogen-bond acceptors (Lipinski definition) is 4. The standard InChI is InChI=1S/C16H19NO5/c1-2-21-10-6-4-3-5-9(10)17-15(18)13-11-7-8-12(22-11)14(13)16(19)20/h3-6,11-14H,2,7-8H2,1H3,(H,17,18)(H,19,20)/t11-,12-,13+,14-/m1/s1. The first-order chi connectivity index (χ1) is 10.6. The average molecular weight is 305 g/mol. The Bertz CT molecular complexity index is 588. The fraction of sp³-hybridized carbons (Fsp3) is 0.500. The van der Waals surface area contributed by atoms with Crippen LogP contribution in [0.2, 0.25) is 0 Å². The van der Waals surface area contributed by atoms with Crippen molar-refractivity contribution in [2.75, 3.05) is 11.9 Å². The highest BCUT2D eigenvalue weighted by molar-refractivity contribution is 5.97. The van der Waals surface area contributed by atoms with E-state index >= 15 is 0 Å². The Morgan fingerprint density at radius 2 is 1.95 bits per heavy atom. The predicted octanol–water partition coefficient (Wildman–Crippen LogP) is 1.90. The van der Waals surface area contributed by atoms with Crippen LogP contribution in [0.15, 0.2) is 24.3 Å². The second-order valence-electron chi connectivity index (χ2n) is 5.60. The topological polar surface area (TPSA) is 84.9 Å². The molecule has 0 saturated carbocycles. The van der Waals surface area contributed by atoms with E-state index in [1.165, 1.54) is 0 Å². The molecule has 2 fully saturated rings. The normalized spacial score (nSPS) is 29.3. The molecule has 2 heterocycles. The Labute approximate surface area is 128 Å². The van der Waals surface area contributed by atoms with E-state index in [-0.39, 0.29) is 18.1 Å². The number of carbonyl (C=O) groups is 2. The maximum Gasteiger partial charge on any atom is 0.310 e. The number of carbonyl (C=O) groups excluding carboxylic acids is 1. The molecule has 6 heteroatoms. The zero-order valence-electron chi connectivity index (χ0n) is 12.3. The van der Waals surface area contributed by atoms with E-state index in [4.69, 9.17) is 9.47 Å². The first-order valence-electron chi connectivity index (χ1n) is 7.52. The van der Waals surface area contributed by atoms with E-state index < -0.39 is 17.8 Å². The van der Waals surface area contributed by atoms with Crippen molar-refractivity contribution in [1.29, 1.82) is 0 Å². The fourth-order valence-electron chi connectivity index (χ4n) is 3.39. The lowest BCUT2D eigenvalue weighted by molar-refractivity contribution is -0.147. The van der Waals surface area contributed by atoms with E-state index in [1.54, 1.807) is 18.2 Å². The summed E-state index contributed by atoms with van der Waals surface area (Å²) < 4.78 is 11.1. The van der Waals surface area contributed by atoms with Crippen LogP contribution >= 0.6 is 0 Å². The quantitative estimate of drug-likeness (QED) is 0.868. The second-order valence-corrected chi connectivity index (χ2v) is 5.60. The Balaban J connectivity index is 1.78. The molecule has 3 rings (SSSR count). The molecular formula is C16H19NO5. The van der Waals surface area contributed by atoms with Gasteiger partial charge in [0, 0.05) is 0 Å². The van der Waals surface area contributed by atoms with Gasteiger partial charge in [0.25, 0.3) is 0 Å². The SMILES string of the molecule is CCOc1ccccc1NC(=O)[C@@H]1[C@H](C(=O)O)[C@H]2CC[C@H]1O2. The summed E-state index contributed by atoms with van der Waals surface area (Å²) in [6.07, 6.45) is 0.798. The minimum Gasteiger partial charge on any atom is -0.492 e. The zero-order valence-corrected chi connectivity index (χ0v) is 12.3. The maximum atomic E-state index is 12.6. The highest BCUT2D eigenvalue weighted by Gasteiger charge is 2.55. The number of nitrogens with one attached hydrogen (secondary N) is 1. The smallest absolute Gasteiger partial charge is 0.310 e. The van der Waals surface area contributed by atoms with Gasteiger partial charge >= 0.3 is 5.97 Å². The minimum atomic E-state index is -0.967. The van der Waals surface area contributed by atoms with Crippen LogP contribution in [0.3, 0.4) is 0 Å². The Morgan fingerprint density at radius 3 is 2.64 bits per heavy atom. The molecule has 0 aliphatic carbocycles. The lowest BCUT2D eigenvalue weighted by Crippen LogP contribution is -2.41. The number of aliphatic carboxylic acids is 1. The monoisotopic (exact) mass is 305 g/mol. The molecule has 0 radical (unpaired) electrons. The van der Waals surface area contributed by atoms with Gasteiger partial charge in [-0.3, -0.25) is 9.59 Å². The van der Waals surface area contributed by atoms with E-state index in [0.29, 0.717) is 24.5 Å². The largest absolute Gasteiger partial charge is 0.492 e. The van der Waals surface area contributed by atoms with Gasteiger partial charge in [-0.25, -0.2) is 0 Å². The summed E-state index contributed by atoms with van der Waals surface area (Å²) >= 11 is 0. The van der Waals surface area contributed by atoms with Crippen LogP contribution in [-0.2, 0) is 14.3 Å². The van der Waals surface area contributed by atoms with Gasteiger partial charge in [-0.2, -0.15) is 0 Å². The third-order valence-corrected chi connectivity index (χ3v) is 4.31. The fourth-order valence-corrected chi connectivity index (χ4v) is 3.39. The number of ether oxygens (including phenoxy) is 2. The highest BCUT2D eigenvalue weighted by Crippen LogP contribution is 2.44. The summed E-state index contributed by atoms with van der Waals surface area (Å²) in [4.78, 5) is 24.0. The summed E-state index contributed by atoms with van der Waals surface area (Å²) in [7, 11) is 0. The van der Waals surface area contributed by atoms with Crippen molar-refractivity contribution >= 4 is 17.6 Å². The molecule has 118 valence electrons. The molecule has 0 unspecified atom stereocenters. The molecule has 22 heavy (non-hydrogen) atoms. The van der Waals surface area contributed by atoms with Crippen LogP contribution < -0.4 is 10.1 Å². The van der Waals surface area contributed by atoms with Gasteiger partial charge in [0.1, 0.15) is 5.75 Å². The molecule has 6 nitrogen and oxygen atoms in total. The second kappa shape index (κ2) is 5.96. The predicted molar refractivity (Wildman–Crippen MR) is 78.8 cm³/mol. The molecule has 1 aromatic rings. The number of carboxylic acid groups (broad SMARTS) is 1. The van der Waals surface area contributed by atoms with Crippen LogP contribution in [0.4, 0.5) is 5.69 Å². The maximum absolute atomic E-state index is 12.6. The van der Waals surface area contributed by atoms with Crippen molar-refractivity contribution < 1.29 is 24.2 Å². The van der Waals surface area contributed by atoms with Gasteiger partial charge in [0.2, 0.25) is 5.91 Å². The van der Waals surface area contributed by atoms with Crippen molar-refractivity contribution in [3.8, 4) is 5.75 Å². The van der Waals surface area contributed by atoms with E-state index in [2.05, 4.69) is 5.32 Å². The summed E-state index contributed by atoms with van der Waals surface area (Å²) in [6, 6.07) is 7.13. The van der Waals surface area contributed by atoms with E-state index in [9.17, 15) is 14.7 Å². The first kappa shape index (κ1) is 14.8. The summed E-state index contributed by atoms with van der Waals surface area (Å²) in [6.45, 7) is 2.35. The molecule has 2 saturated heterocycles. The molecule has 1 aromatic carbocycles. The van der Waals surface area contributed by atoms with Gasteiger partial charge in [0.15, 0.2) is 0 Å². The minimum absolute atomic E-state index is 0.301. The van der Waals surface area contributed by atoms with E-state index in [0.717, 1.165) is 6.42 Å². The van der Waals surface area contributed by atoms with Crippen LogP contribution in [0, 0.1) is 11.8 Å². The third kappa shape index (κ3) is 2.54. The average Bonchev–Trinajstić information content (AvgIpc) is 3.10. The number of benzene rings is 1. The van der Waals surface area contributed by atoms with Crippen LogP contribution in [-0.4, -0.2) is 35.8 Å². The number of amides is 1. The number of fused-ring (bicyclic) bond motifs is 2. The number of carboxylic acids is 1. The Hall–Kier alpha value is -2.08. The molecule has 2 aliphatic rings.